The second-order valence-electron chi connectivity index (χ2n) is 4.70. The van der Waals surface area contributed by atoms with Crippen molar-refractivity contribution >= 4 is 11.9 Å². The van der Waals surface area contributed by atoms with Gasteiger partial charge in [-0.1, -0.05) is 26.0 Å². The highest BCUT2D eigenvalue weighted by molar-refractivity contribution is 7.97. The molecule has 0 aliphatic carbocycles. The lowest BCUT2D eigenvalue weighted by molar-refractivity contribution is 0.308. The Bertz CT molecular complexity index is 312. The number of aryl methyl sites for hydroxylation is 1. The lowest BCUT2D eigenvalue weighted by atomic mass is 10.0. The molecule has 2 heteroatoms. The highest BCUT2D eigenvalue weighted by atomic mass is 32.2. The third kappa shape index (κ3) is 3.26. The molecular formula is C14H21NS. The summed E-state index contributed by atoms with van der Waals surface area (Å²) in [5, 5.41) is 0. The molecule has 1 aliphatic rings. The van der Waals surface area contributed by atoms with Crippen molar-refractivity contribution in [3.63, 3.8) is 0 Å². The van der Waals surface area contributed by atoms with Crippen molar-refractivity contribution in [1.82, 2.24) is 4.31 Å². The monoisotopic (exact) mass is 235 g/mol. The SMILES string of the molecule is CCc1ccc(SN2CCC(C)CC2)cc1. The molecule has 1 aliphatic heterocycles. The Morgan fingerprint density at radius 2 is 1.81 bits per heavy atom. The average molecular weight is 235 g/mol. The van der Waals surface area contributed by atoms with Crippen LogP contribution in [0.4, 0.5) is 0 Å². The smallest absolute Gasteiger partial charge is 0.0230 e. The molecule has 0 bridgehead atoms. The fraction of sp³-hybridized carbons (Fsp3) is 0.571. The van der Waals surface area contributed by atoms with Gasteiger partial charge in [-0.2, -0.15) is 0 Å². The van der Waals surface area contributed by atoms with Gasteiger partial charge in [0, 0.05) is 18.0 Å². The van der Waals surface area contributed by atoms with Gasteiger partial charge in [-0.25, -0.2) is 4.31 Å². The van der Waals surface area contributed by atoms with E-state index in [2.05, 4.69) is 42.4 Å². The summed E-state index contributed by atoms with van der Waals surface area (Å²) in [6.07, 6.45) is 3.83. The topological polar surface area (TPSA) is 3.24 Å². The van der Waals surface area contributed by atoms with Crippen LogP contribution in [0.25, 0.3) is 0 Å². The van der Waals surface area contributed by atoms with Crippen LogP contribution in [0.2, 0.25) is 0 Å². The van der Waals surface area contributed by atoms with Crippen LogP contribution in [0.5, 0.6) is 0 Å². The normalized spacial score (nSPS) is 18.9. The Kier molecular flexibility index (Phi) is 4.30. The van der Waals surface area contributed by atoms with E-state index in [0.29, 0.717) is 0 Å². The van der Waals surface area contributed by atoms with Crippen LogP contribution in [-0.2, 0) is 6.42 Å². The second kappa shape index (κ2) is 5.74. The number of piperidine rings is 1. The van der Waals surface area contributed by atoms with Crippen LogP contribution in [0.1, 0.15) is 32.3 Å². The van der Waals surface area contributed by atoms with Crippen molar-refractivity contribution in [2.24, 2.45) is 5.92 Å². The van der Waals surface area contributed by atoms with E-state index < -0.39 is 0 Å². The third-order valence-electron chi connectivity index (χ3n) is 3.31. The summed E-state index contributed by atoms with van der Waals surface area (Å²) in [4.78, 5) is 1.38. The Hall–Kier alpha value is -0.470. The maximum absolute atomic E-state index is 2.50. The highest BCUT2D eigenvalue weighted by Crippen LogP contribution is 2.28. The summed E-state index contributed by atoms with van der Waals surface area (Å²) in [6, 6.07) is 8.99. The Morgan fingerprint density at radius 1 is 1.19 bits per heavy atom. The highest BCUT2D eigenvalue weighted by Gasteiger charge is 2.16. The summed E-state index contributed by atoms with van der Waals surface area (Å²) in [5.41, 5.74) is 1.43. The summed E-state index contributed by atoms with van der Waals surface area (Å²) in [7, 11) is 0. The van der Waals surface area contributed by atoms with E-state index in [1.807, 2.05) is 11.9 Å². The molecular weight excluding hydrogens is 214 g/mol. The van der Waals surface area contributed by atoms with Crippen molar-refractivity contribution in [2.75, 3.05) is 13.1 Å². The maximum Gasteiger partial charge on any atom is 0.0230 e. The molecule has 0 atom stereocenters. The van der Waals surface area contributed by atoms with E-state index in [1.165, 1.54) is 36.4 Å². The molecule has 2 rings (SSSR count). The van der Waals surface area contributed by atoms with Crippen molar-refractivity contribution in [2.45, 2.75) is 38.0 Å². The van der Waals surface area contributed by atoms with Gasteiger partial charge in [-0.15, -0.1) is 0 Å². The molecule has 0 unspecified atom stereocenters. The number of nitrogens with zero attached hydrogens (tertiary/aromatic N) is 1. The van der Waals surface area contributed by atoms with Crippen LogP contribution < -0.4 is 0 Å². The van der Waals surface area contributed by atoms with Crippen molar-refractivity contribution in [3.8, 4) is 0 Å². The minimum absolute atomic E-state index is 0.916. The molecule has 0 saturated carbocycles. The zero-order valence-electron chi connectivity index (χ0n) is 10.3. The molecule has 0 spiro atoms. The van der Waals surface area contributed by atoms with Gasteiger partial charge in [-0.05, 0) is 54.8 Å². The van der Waals surface area contributed by atoms with Crippen LogP contribution in [0, 0.1) is 5.92 Å². The summed E-state index contributed by atoms with van der Waals surface area (Å²) in [5.74, 6) is 0.916. The molecule has 1 aromatic rings. The largest absolute Gasteiger partial charge is 0.246 e. The zero-order valence-corrected chi connectivity index (χ0v) is 11.1. The molecule has 0 aromatic heterocycles. The first kappa shape index (κ1) is 12.0. The predicted molar refractivity (Wildman–Crippen MR) is 71.6 cm³/mol. The lowest BCUT2D eigenvalue weighted by Crippen LogP contribution is -2.27. The number of benzene rings is 1. The van der Waals surface area contributed by atoms with Gasteiger partial charge in [0.2, 0.25) is 0 Å². The van der Waals surface area contributed by atoms with Crippen molar-refractivity contribution in [1.29, 1.82) is 0 Å². The van der Waals surface area contributed by atoms with E-state index >= 15 is 0 Å². The number of hydrogen-bond donors (Lipinski definition) is 0. The molecule has 1 saturated heterocycles. The van der Waals surface area contributed by atoms with E-state index in [-0.39, 0.29) is 0 Å². The maximum atomic E-state index is 2.50. The molecule has 0 radical (unpaired) electrons. The third-order valence-corrected chi connectivity index (χ3v) is 4.42. The average Bonchev–Trinajstić information content (AvgIpc) is 2.33. The zero-order chi connectivity index (χ0) is 11.4. The van der Waals surface area contributed by atoms with Crippen LogP contribution in [-0.4, -0.2) is 17.4 Å². The van der Waals surface area contributed by atoms with Gasteiger partial charge in [0.15, 0.2) is 0 Å². The van der Waals surface area contributed by atoms with E-state index in [0.717, 1.165) is 12.3 Å². The molecule has 1 aromatic carbocycles. The minimum Gasteiger partial charge on any atom is -0.246 e. The minimum atomic E-state index is 0.916. The molecule has 0 N–H and O–H groups in total. The number of hydrogen-bond acceptors (Lipinski definition) is 2. The van der Waals surface area contributed by atoms with Crippen LogP contribution in [0.15, 0.2) is 29.2 Å². The van der Waals surface area contributed by atoms with E-state index in [4.69, 9.17) is 0 Å². The van der Waals surface area contributed by atoms with Gasteiger partial charge in [0.25, 0.3) is 0 Å². The van der Waals surface area contributed by atoms with Crippen LogP contribution in [0.3, 0.4) is 0 Å². The van der Waals surface area contributed by atoms with E-state index in [9.17, 15) is 0 Å². The number of rotatable bonds is 3. The Labute approximate surface area is 103 Å². The van der Waals surface area contributed by atoms with E-state index in [1.54, 1.807) is 0 Å². The molecule has 1 heterocycles. The summed E-state index contributed by atoms with van der Waals surface area (Å²) < 4.78 is 2.50. The first-order valence-corrected chi connectivity index (χ1v) is 7.07. The Morgan fingerprint density at radius 3 is 2.38 bits per heavy atom. The Balaban J connectivity index is 1.88. The quantitative estimate of drug-likeness (QED) is 0.729. The lowest BCUT2D eigenvalue weighted by Gasteiger charge is -2.28. The first-order valence-electron chi connectivity index (χ1n) is 6.30. The van der Waals surface area contributed by atoms with Gasteiger partial charge < -0.3 is 0 Å². The summed E-state index contributed by atoms with van der Waals surface area (Å²) >= 11 is 1.92. The van der Waals surface area contributed by atoms with Gasteiger partial charge in [0.1, 0.15) is 0 Å². The van der Waals surface area contributed by atoms with Crippen molar-refractivity contribution in [3.05, 3.63) is 29.8 Å². The van der Waals surface area contributed by atoms with Gasteiger partial charge >= 0.3 is 0 Å². The predicted octanol–water partition coefficient (Wildman–Crippen LogP) is 3.99. The molecule has 16 heavy (non-hydrogen) atoms. The van der Waals surface area contributed by atoms with Crippen molar-refractivity contribution < 1.29 is 0 Å². The standard InChI is InChI=1S/C14H21NS/c1-3-13-4-6-14(7-5-13)16-15-10-8-12(2)9-11-15/h4-7,12H,3,8-11H2,1-2H3. The van der Waals surface area contributed by atoms with Gasteiger partial charge in [-0.3, -0.25) is 0 Å². The summed E-state index contributed by atoms with van der Waals surface area (Å²) in [6.45, 7) is 7.04. The first-order chi connectivity index (χ1) is 7.78. The fourth-order valence-corrected chi connectivity index (χ4v) is 2.96. The molecule has 88 valence electrons. The molecule has 1 nitrogen and oxygen atoms in total. The molecule has 1 fully saturated rings. The van der Waals surface area contributed by atoms with Crippen LogP contribution >= 0.6 is 11.9 Å². The van der Waals surface area contributed by atoms with Gasteiger partial charge in [0.05, 0.1) is 0 Å². The fourth-order valence-electron chi connectivity index (χ4n) is 2.01. The second-order valence-corrected chi connectivity index (χ2v) is 5.87. The molecule has 0 amide bonds.